The van der Waals surface area contributed by atoms with Gasteiger partial charge in [-0.25, -0.2) is 8.78 Å². The second-order valence-electron chi connectivity index (χ2n) is 5.24. The largest absolute Gasteiger partial charge is 0.453 e. The number of nitrogens with one attached hydrogen (secondary N) is 1. The molecule has 1 atom stereocenters. The average Bonchev–Trinajstić information content (AvgIpc) is 3.02. The molecule has 0 bridgehead atoms. The van der Waals surface area contributed by atoms with Gasteiger partial charge in [0.25, 0.3) is 5.91 Å². The Hall–Kier alpha value is -2.32. The number of ketones is 1. The maximum Gasteiger partial charge on any atom is 0.307 e. The molecule has 0 spiro atoms. The fourth-order valence-corrected chi connectivity index (χ4v) is 2.97. The summed E-state index contributed by atoms with van der Waals surface area (Å²) in [6.07, 6.45) is -1.63. The summed E-state index contributed by atoms with van der Waals surface area (Å²) >= 11 is 6.84. The van der Waals surface area contributed by atoms with Crippen molar-refractivity contribution in [1.29, 1.82) is 0 Å². The molecule has 1 aromatic heterocycles. The molecule has 2 rings (SSSR count). The summed E-state index contributed by atoms with van der Waals surface area (Å²) in [7, 11) is 0. The van der Waals surface area contributed by atoms with E-state index in [4.69, 9.17) is 16.3 Å². The second kappa shape index (κ2) is 8.86. The van der Waals surface area contributed by atoms with Gasteiger partial charge in [0.15, 0.2) is 11.9 Å². The molecule has 0 radical (unpaired) electrons. The number of halogens is 3. The molecular formula is C17H14ClF2NO4S. The van der Waals surface area contributed by atoms with Crippen LogP contribution in [0.15, 0.2) is 30.3 Å². The van der Waals surface area contributed by atoms with Gasteiger partial charge in [0.05, 0.1) is 15.6 Å². The van der Waals surface area contributed by atoms with E-state index < -0.39 is 35.3 Å². The number of para-hydroxylation sites is 1. The third kappa shape index (κ3) is 5.34. The van der Waals surface area contributed by atoms with E-state index in [1.54, 1.807) is 12.1 Å². The van der Waals surface area contributed by atoms with Crippen LogP contribution in [0, 0.1) is 11.6 Å². The van der Waals surface area contributed by atoms with Crippen LogP contribution in [0.2, 0.25) is 4.34 Å². The monoisotopic (exact) mass is 401 g/mol. The van der Waals surface area contributed by atoms with Crippen molar-refractivity contribution in [3.8, 4) is 0 Å². The van der Waals surface area contributed by atoms with Gasteiger partial charge in [-0.1, -0.05) is 17.7 Å². The number of ether oxygens (including phenoxy) is 1. The predicted molar refractivity (Wildman–Crippen MR) is 93.4 cm³/mol. The first-order valence-electron chi connectivity index (χ1n) is 7.51. The van der Waals surface area contributed by atoms with Crippen molar-refractivity contribution in [2.24, 2.45) is 0 Å². The number of esters is 1. The number of carbonyl (C=O) groups is 3. The molecule has 1 aromatic carbocycles. The smallest absolute Gasteiger partial charge is 0.307 e. The first kappa shape index (κ1) is 20.0. The third-order valence-electron chi connectivity index (χ3n) is 3.29. The van der Waals surface area contributed by atoms with Gasteiger partial charge < -0.3 is 10.1 Å². The SMILES string of the molecule is C[C@@H](OC(=O)CCC(=O)c1ccc(Cl)s1)C(=O)Nc1c(F)cccc1F. The van der Waals surface area contributed by atoms with Crippen molar-refractivity contribution in [2.75, 3.05) is 5.32 Å². The van der Waals surface area contributed by atoms with Crippen molar-refractivity contribution in [2.45, 2.75) is 25.9 Å². The number of hydrogen-bond acceptors (Lipinski definition) is 5. The van der Waals surface area contributed by atoms with Crippen molar-refractivity contribution in [3.05, 3.63) is 51.2 Å². The zero-order valence-electron chi connectivity index (χ0n) is 13.6. The number of hydrogen-bond donors (Lipinski definition) is 1. The summed E-state index contributed by atoms with van der Waals surface area (Å²) in [6, 6.07) is 6.25. The standard InChI is InChI=1S/C17H14ClF2NO4S/c1-9(17(24)21-16-10(19)3-2-4-11(16)20)25-15(23)8-5-12(22)13-6-7-14(18)26-13/h2-4,6-7,9H,5,8H2,1H3,(H,21,24)/t9-/m1/s1. The highest BCUT2D eigenvalue weighted by Gasteiger charge is 2.21. The number of anilines is 1. The van der Waals surface area contributed by atoms with Crippen LogP contribution in [0.25, 0.3) is 0 Å². The van der Waals surface area contributed by atoms with Gasteiger partial charge in [0, 0.05) is 6.42 Å². The van der Waals surface area contributed by atoms with E-state index in [0.29, 0.717) is 9.21 Å². The quantitative estimate of drug-likeness (QED) is 0.557. The third-order valence-corrected chi connectivity index (χ3v) is 4.56. The summed E-state index contributed by atoms with van der Waals surface area (Å²) in [4.78, 5) is 36.0. The zero-order valence-corrected chi connectivity index (χ0v) is 15.1. The summed E-state index contributed by atoms with van der Waals surface area (Å²) < 4.78 is 32.3. The molecule has 0 saturated heterocycles. The molecule has 138 valence electrons. The fourth-order valence-electron chi connectivity index (χ4n) is 1.95. The van der Waals surface area contributed by atoms with E-state index in [0.717, 1.165) is 29.5 Å². The molecule has 1 N–H and O–H groups in total. The lowest BCUT2D eigenvalue weighted by Gasteiger charge is -2.14. The highest BCUT2D eigenvalue weighted by Crippen LogP contribution is 2.23. The minimum absolute atomic E-state index is 0.105. The van der Waals surface area contributed by atoms with Gasteiger partial charge in [-0.2, -0.15) is 0 Å². The van der Waals surface area contributed by atoms with Crippen LogP contribution in [-0.2, 0) is 14.3 Å². The lowest BCUT2D eigenvalue weighted by atomic mass is 10.2. The van der Waals surface area contributed by atoms with Crippen molar-refractivity contribution >= 4 is 46.3 Å². The van der Waals surface area contributed by atoms with Crippen LogP contribution in [0.1, 0.15) is 29.4 Å². The van der Waals surface area contributed by atoms with Gasteiger partial charge in [-0.3, -0.25) is 14.4 Å². The Morgan fingerprint density at radius 3 is 2.38 bits per heavy atom. The maximum absolute atomic E-state index is 13.5. The Morgan fingerprint density at radius 2 is 1.81 bits per heavy atom. The van der Waals surface area contributed by atoms with E-state index >= 15 is 0 Å². The van der Waals surface area contributed by atoms with Gasteiger partial charge >= 0.3 is 5.97 Å². The molecule has 0 fully saturated rings. The van der Waals surface area contributed by atoms with Gasteiger partial charge in [0.1, 0.15) is 17.3 Å². The number of rotatable bonds is 7. The molecule has 9 heteroatoms. The van der Waals surface area contributed by atoms with Gasteiger partial charge in [-0.05, 0) is 31.2 Å². The lowest BCUT2D eigenvalue weighted by Crippen LogP contribution is -2.30. The number of thiophene rings is 1. The fraction of sp³-hybridized carbons (Fsp3) is 0.235. The van der Waals surface area contributed by atoms with E-state index in [2.05, 4.69) is 0 Å². The Balaban J connectivity index is 1.84. The molecule has 0 saturated carbocycles. The molecule has 1 heterocycles. The summed E-state index contributed by atoms with van der Waals surface area (Å²) in [5.74, 6) is -3.84. The first-order valence-corrected chi connectivity index (χ1v) is 8.70. The Bertz CT molecular complexity index is 820. The van der Waals surface area contributed by atoms with E-state index in [9.17, 15) is 23.2 Å². The molecule has 1 amide bonds. The maximum atomic E-state index is 13.5. The van der Waals surface area contributed by atoms with E-state index in [1.165, 1.54) is 6.92 Å². The molecule has 0 aliphatic heterocycles. The Labute approximate surface area is 156 Å². The molecule has 0 aliphatic carbocycles. The lowest BCUT2D eigenvalue weighted by molar-refractivity contribution is -0.153. The number of carbonyl (C=O) groups excluding carboxylic acids is 3. The molecule has 0 aliphatic rings. The van der Waals surface area contributed by atoms with Crippen LogP contribution in [-0.4, -0.2) is 23.8 Å². The molecular weight excluding hydrogens is 388 g/mol. The van der Waals surface area contributed by atoms with Crippen LogP contribution < -0.4 is 5.32 Å². The molecule has 0 unspecified atom stereocenters. The van der Waals surface area contributed by atoms with Crippen LogP contribution in [0.3, 0.4) is 0 Å². The number of amides is 1. The van der Waals surface area contributed by atoms with Gasteiger partial charge in [0.2, 0.25) is 0 Å². The summed E-state index contributed by atoms with van der Waals surface area (Å²) in [6.45, 7) is 1.26. The first-order chi connectivity index (χ1) is 12.3. The average molecular weight is 402 g/mol. The summed E-state index contributed by atoms with van der Waals surface area (Å²) in [5, 5.41) is 2.03. The van der Waals surface area contributed by atoms with Crippen molar-refractivity contribution in [1.82, 2.24) is 0 Å². The zero-order chi connectivity index (χ0) is 19.3. The van der Waals surface area contributed by atoms with Crippen LogP contribution >= 0.6 is 22.9 Å². The molecule has 2 aromatic rings. The number of Topliss-reactive ketones (excluding diaryl/α,β-unsaturated/α-hetero) is 1. The Kier molecular flexibility index (Phi) is 6.82. The highest BCUT2D eigenvalue weighted by molar-refractivity contribution is 7.18. The topological polar surface area (TPSA) is 72.5 Å². The van der Waals surface area contributed by atoms with Gasteiger partial charge in [-0.15, -0.1) is 11.3 Å². The van der Waals surface area contributed by atoms with Crippen molar-refractivity contribution < 1.29 is 27.9 Å². The number of benzene rings is 1. The van der Waals surface area contributed by atoms with Crippen LogP contribution in [0.5, 0.6) is 0 Å². The molecule has 5 nitrogen and oxygen atoms in total. The minimum Gasteiger partial charge on any atom is -0.453 e. The summed E-state index contributed by atoms with van der Waals surface area (Å²) in [5.41, 5.74) is -0.620. The van der Waals surface area contributed by atoms with Crippen LogP contribution in [0.4, 0.5) is 14.5 Å². The normalized spacial score (nSPS) is 11.7. The Morgan fingerprint density at radius 1 is 1.15 bits per heavy atom. The predicted octanol–water partition coefficient (Wildman–Crippen LogP) is 4.21. The van der Waals surface area contributed by atoms with E-state index in [1.807, 2.05) is 5.32 Å². The molecule has 26 heavy (non-hydrogen) atoms. The minimum atomic E-state index is -1.28. The van der Waals surface area contributed by atoms with E-state index in [-0.39, 0.29) is 18.6 Å². The van der Waals surface area contributed by atoms with Crippen molar-refractivity contribution in [3.63, 3.8) is 0 Å². The second-order valence-corrected chi connectivity index (χ2v) is 6.96. The highest BCUT2D eigenvalue weighted by atomic mass is 35.5.